The Bertz CT molecular complexity index is 417. The van der Waals surface area contributed by atoms with Gasteiger partial charge in [0.05, 0.1) is 12.2 Å². The van der Waals surface area contributed by atoms with Crippen molar-refractivity contribution in [1.82, 2.24) is 5.32 Å². The Morgan fingerprint density at radius 3 is 2.53 bits per heavy atom. The van der Waals surface area contributed by atoms with Gasteiger partial charge in [0.2, 0.25) is 0 Å². The summed E-state index contributed by atoms with van der Waals surface area (Å²) in [6, 6.07) is 10.1. The number of aryl methyl sites for hydroxylation is 1. The quantitative estimate of drug-likeness (QED) is 0.792. The molecule has 1 unspecified atom stereocenters. The van der Waals surface area contributed by atoms with Gasteiger partial charge in [-0.05, 0) is 24.3 Å². The predicted molar refractivity (Wildman–Crippen MR) is 77.6 cm³/mol. The van der Waals surface area contributed by atoms with E-state index in [-0.39, 0.29) is 5.41 Å². The first-order chi connectivity index (χ1) is 8.94. The van der Waals surface area contributed by atoms with Crippen molar-refractivity contribution in [3.63, 3.8) is 0 Å². The Kier molecular flexibility index (Phi) is 6.01. The molecule has 0 heterocycles. The van der Waals surface area contributed by atoms with Crippen LogP contribution in [0.4, 0.5) is 0 Å². The van der Waals surface area contributed by atoms with E-state index in [1.54, 1.807) is 0 Å². The number of rotatable bonds is 7. The fraction of sp³-hybridized carbons (Fsp3) is 0.562. The summed E-state index contributed by atoms with van der Waals surface area (Å²) in [7, 11) is 0. The van der Waals surface area contributed by atoms with Gasteiger partial charge in [-0.15, -0.1) is 0 Å². The Balaban J connectivity index is 2.36. The van der Waals surface area contributed by atoms with E-state index >= 15 is 0 Å². The highest BCUT2D eigenvalue weighted by molar-refractivity contribution is 5.23. The highest BCUT2D eigenvalue weighted by atomic mass is 16.3. The van der Waals surface area contributed by atoms with Gasteiger partial charge in [0.15, 0.2) is 0 Å². The summed E-state index contributed by atoms with van der Waals surface area (Å²) in [6.45, 7) is 7.65. The average molecular weight is 260 g/mol. The second-order valence-corrected chi connectivity index (χ2v) is 5.88. The van der Waals surface area contributed by atoms with Crippen LogP contribution in [0.15, 0.2) is 24.3 Å². The molecule has 1 rings (SSSR count). The molecule has 1 aromatic carbocycles. The van der Waals surface area contributed by atoms with Crippen LogP contribution in [0.25, 0.3) is 0 Å². The molecule has 0 spiro atoms. The standard InChI is InChI=1S/C16H24N2O/c1-13-5-7-14(8-6-13)15(19)11-18-12-16(2,3)9-4-10-17/h5-8,15,18-19H,4,9,11-12H2,1-3H3. The van der Waals surface area contributed by atoms with Gasteiger partial charge in [0.25, 0.3) is 0 Å². The average Bonchev–Trinajstić information content (AvgIpc) is 2.37. The molecule has 1 aromatic rings. The topological polar surface area (TPSA) is 56.0 Å². The van der Waals surface area contributed by atoms with Crippen molar-refractivity contribution in [2.24, 2.45) is 5.41 Å². The molecular formula is C16H24N2O. The maximum absolute atomic E-state index is 10.1. The number of aliphatic hydroxyl groups is 1. The first-order valence-corrected chi connectivity index (χ1v) is 6.77. The third-order valence-electron chi connectivity index (χ3n) is 3.32. The van der Waals surface area contributed by atoms with Crippen LogP contribution < -0.4 is 5.32 Å². The largest absolute Gasteiger partial charge is 0.387 e. The van der Waals surface area contributed by atoms with E-state index in [1.807, 2.05) is 31.2 Å². The van der Waals surface area contributed by atoms with Gasteiger partial charge in [0, 0.05) is 19.5 Å². The minimum Gasteiger partial charge on any atom is -0.387 e. The molecule has 19 heavy (non-hydrogen) atoms. The normalized spacial score (nSPS) is 13.0. The molecule has 104 valence electrons. The molecule has 0 aliphatic carbocycles. The number of nitriles is 1. The Hall–Kier alpha value is -1.37. The van der Waals surface area contributed by atoms with Crippen molar-refractivity contribution in [2.75, 3.05) is 13.1 Å². The van der Waals surface area contributed by atoms with Gasteiger partial charge in [-0.1, -0.05) is 43.7 Å². The molecule has 0 fully saturated rings. The van der Waals surface area contributed by atoms with Crippen LogP contribution in [0.5, 0.6) is 0 Å². The number of hydrogen-bond acceptors (Lipinski definition) is 3. The van der Waals surface area contributed by atoms with Crippen LogP contribution in [-0.4, -0.2) is 18.2 Å². The summed E-state index contributed by atoms with van der Waals surface area (Å²) < 4.78 is 0. The van der Waals surface area contributed by atoms with Gasteiger partial charge in [-0.25, -0.2) is 0 Å². The monoisotopic (exact) mass is 260 g/mol. The van der Waals surface area contributed by atoms with Crippen LogP contribution in [-0.2, 0) is 0 Å². The molecular weight excluding hydrogens is 236 g/mol. The summed E-state index contributed by atoms with van der Waals surface area (Å²) >= 11 is 0. The SMILES string of the molecule is Cc1ccc(C(O)CNCC(C)(C)CCC#N)cc1. The zero-order chi connectivity index (χ0) is 14.3. The van der Waals surface area contributed by atoms with Gasteiger partial charge in [0.1, 0.15) is 0 Å². The zero-order valence-corrected chi connectivity index (χ0v) is 12.1. The molecule has 0 aliphatic rings. The summed E-state index contributed by atoms with van der Waals surface area (Å²) in [6.07, 6.45) is 0.971. The van der Waals surface area contributed by atoms with Crippen LogP contribution in [0.3, 0.4) is 0 Å². The second-order valence-electron chi connectivity index (χ2n) is 5.88. The fourth-order valence-electron chi connectivity index (χ4n) is 1.94. The van der Waals surface area contributed by atoms with E-state index in [0.717, 1.165) is 18.5 Å². The lowest BCUT2D eigenvalue weighted by Crippen LogP contribution is -2.32. The lowest BCUT2D eigenvalue weighted by molar-refractivity contribution is 0.167. The van der Waals surface area contributed by atoms with E-state index < -0.39 is 6.10 Å². The molecule has 0 aromatic heterocycles. The molecule has 0 radical (unpaired) electrons. The summed E-state index contributed by atoms with van der Waals surface area (Å²) in [5, 5.41) is 22.0. The third kappa shape index (κ3) is 5.87. The summed E-state index contributed by atoms with van der Waals surface area (Å²) in [5.41, 5.74) is 2.22. The van der Waals surface area contributed by atoms with Crippen LogP contribution >= 0.6 is 0 Å². The van der Waals surface area contributed by atoms with Gasteiger partial charge in [-0.3, -0.25) is 0 Å². The van der Waals surface area contributed by atoms with Crippen molar-refractivity contribution >= 4 is 0 Å². The molecule has 2 N–H and O–H groups in total. The molecule has 0 amide bonds. The number of nitrogens with zero attached hydrogens (tertiary/aromatic N) is 1. The van der Waals surface area contributed by atoms with Crippen molar-refractivity contribution < 1.29 is 5.11 Å². The molecule has 3 nitrogen and oxygen atoms in total. The Labute approximate surface area is 116 Å². The van der Waals surface area contributed by atoms with E-state index in [0.29, 0.717) is 13.0 Å². The molecule has 0 saturated carbocycles. The molecule has 0 aliphatic heterocycles. The Morgan fingerprint density at radius 1 is 1.32 bits per heavy atom. The van der Waals surface area contributed by atoms with E-state index in [2.05, 4.69) is 25.2 Å². The lowest BCUT2D eigenvalue weighted by Gasteiger charge is -2.24. The first kappa shape index (κ1) is 15.7. The van der Waals surface area contributed by atoms with Crippen LogP contribution in [0.1, 0.15) is 43.9 Å². The van der Waals surface area contributed by atoms with Crippen molar-refractivity contribution in [3.8, 4) is 6.07 Å². The number of hydrogen-bond donors (Lipinski definition) is 2. The number of benzene rings is 1. The number of nitrogens with one attached hydrogen (secondary N) is 1. The Morgan fingerprint density at radius 2 is 1.95 bits per heavy atom. The smallest absolute Gasteiger partial charge is 0.0914 e. The third-order valence-corrected chi connectivity index (χ3v) is 3.32. The van der Waals surface area contributed by atoms with Crippen molar-refractivity contribution in [1.29, 1.82) is 5.26 Å². The molecule has 3 heteroatoms. The highest BCUT2D eigenvalue weighted by Gasteiger charge is 2.17. The van der Waals surface area contributed by atoms with Crippen LogP contribution in [0, 0.1) is 23.7 Å². The van der Waals surface area contributed by atoms with Crippen molar-refractivity contribution in [3.05, 3.63) is 35.4 Å². The van der Waals surface area contributed by atoms with Crippen LogP contribution in [0.2, 0.25) is 0 Å². The zero-order valence-electron chi connectivity index (χ0n) is 12.1. The van der Waals surface area contributed by atoms with E-state index in [4.69, 9.17) is 5.26 Å². The van der Waals surface area contributed by atoms with Crippen molar-refractivity contribution in [2.45, 2.75) is 39.7 Å². The van der Waals surface area contributed by atoms with Gasteiger partial charge < -0.3 is 10.4 Å². The summed E-state index contributed by atoms with van der Waals surface area (Å²) in [4.78, 5) is 0. The molecule has 0 saturated heterocycles. The maximum Gasteiger partial charge on any atom is 0.0914 e. The molecule has 1 atom stereocenters. The van der Waals surface area contributed by atoms with E-state index in [9.17, 15) is 5.11 Å². The maximum atomic E-state index is 10.1. The summed E-state index contributed by atoms with van der Waals surface area (Å²) in [5.74, 6) is 0. The minimum absolute atomic E-state index is 0.0860. The number of aliphatic hydroxyl groups excluding tert-OH is 1. The highest BCUT2D eigenvalue weighted by Crippen LogP contribution is 2.21. The minimum atomic E-state index is -0.479. The van der Waals surface area contributed by atoms with E-state index in [1.165, 1.54) is 5.56 Å². The first-order valence-electron chi connectivity index (χ1n) is 6.77. The fourth-order valence-corrected chi connectivity index (χ4v) is 1.94. The molecule has 0 bridgehead atoms. The predicted octanol–water partition coefficient (Wildman–Crippen LogP) is 2.95. The van der Waals surface area contributed by atoms with Gasteiger partial charge in [-0.2, -0.15) is 5.26 Å². The van der Waals surface area contributed by atoms with Gasteiger partial charge >= 0.3 is 0 Å². The lowest BCUT2D eigenvalue weighted by atomic mass is 9.88. The second kappa shape index (κ2) is 7.28.